The fourth-order valence-electron chi connectivity index (χ4n) is 2.68. The third-order valence-corrected chi connectivity index (χ3v) is 3.88. The molecule has 0 aliphatic heterocycles. The van der Waals surface area contributed by atoms with Gasteiger partial charge in [0.1, 0.15) is 5.52 Å². The average Bonchev–Trinajstić information content (AvgIpc) is 2.93. The Morgan fingerprint density at radius 1 is 1.00 bits per heavy atom. The topological polar surface area (TPSA) is 26.0 Å². The van der Waals surface area contributed by atoms with E-state index in [1.165, 1.54) is 5.56 Å². The van der Waals surface area contributed by atoms with Crippen LogP contribution in [-0.4, -0.2) is 4.98 Å². The van der Waals surface area contributed by atoms with Gasteiger partial charge in [-0.1, -0.05) is 38.1 Å². The highest BCUT2D eigenvalue weighted by Crippen LogP contribution is 2.29. The monoisotopic (exact) mass is 265 g/mol. The summed E-state index contributed by atoms with van der Waals surface area (Å²) in [6.07, 6.45) is 2.32. The van der Waals surface area contributed by atoms with Gasteiger partial charge in [0.15, 0.2) is 5.58 Å². The third-order valence-electron chi connectivity index (χ3n) is 3.88. The van der Waals surface area contributed by atoms with Crippen LogP contribution >= 0.6 is 0 Å². The van der Waals surface area contributed by atoms with Gasteiger partial charge in [-0.05, 0) is 48.6 Å². The van der Waals surface area contributed by atoms with Crippen molar-refractivity contribution in [2.24, 2.45) is 0 Å². The number of rotatable bonds is 4. The van der Waals surface area contributed by atoms with Crippen LogP contribution in [-0.2, 0) is 0 Å². The minimum atomic E-state index is 0.610. The molecule has 2 heteroatoms. The van der Waals surface area contributed by atoms with Crippen LogP contribution in [0.25, 0.3) is 22.6 Å². The first-order valence-corrected chi connectivity index (χ1v) is 7.27. The Morgan fingerprint density at radius 3 is 2.55 bits per heavy atom. The molecule has 0 aliphatic rings. The molecule has 0 saturated heterocycles. The van der Waals surface area contributed by atoms with Gasteiger partial charge in [0.25, 0.3) is 0 Å². The van der Waals surface area contributed by atoms with Crippen molar-refractivity contribution < 1.29 is 4.42 Å². The summed E-state index contributed by atoms with van der Waals surface area (Å²) in [5.41, 5.74) is 4.19. The van der Waals surface area contributed by atoms with E-state index in [-0.39, 0.29) is 0 Å². The van der Waals surface area contributed by atoms with Crippen molar-refractivity contribution in [3.8, 4) is 11.5 Å². The lowest BCUT2D eigenvalue weighted by Crippen LogP contribution is -1.95. The van der Waals surface area contributed by atoms with Crippen LogP contribution in [0.1, 0.15) is 38.2 Å². The van der Waals surface area contributed by atoms with Gasteiger partial charge in [-0.25, -0.2) is 4.98 Å². The maximum Gasteiger partial charge on any atom is 0.227 e. The van der Waals surface area contributed by atoms with Crippen molar-refractivity contribution in [2.45, 2.75) is 32.6 Å². The summed E-state index contributed by atoms with van der Waals surface area (Å²) in [4.78, 5) is 4.57. The summed E-state index contributed by atoms with van der Waals surface area (Å²) >= 11 is 0. The zero-order valence-corrected chi connectivity index (χ0v) is 12.0. The molecule has 1 aromatic heterocycles. The number of hydrogen-bond acceptors (Lipinski definition) is 2. The zero-order valence-electron chi connectivity index (χ0n) is 12.0. The highest BCUT2D eigenvalue weighted by atomic mass is 16.3. The molecule has 3 aromatic rings. The Kier molecular flexibility index (Phi) is 3.55. The first-order chi connectivity index (χ1) is 9.81. The molecule has 20 heavy (non-hydrogen) atoms. The Labute approximate surface area is 119 Å². The SMILES string of the molecule is CCC(CC)c1cccc(-c2nc3ccccc3o2)c1. The van der Waals surface area contributed by atoms with Crippen molar-refractivity contribution in [3.05, 3.63) is 54.1 Å². The molecule has 0 spiro atoms. The molecule has 0 radical (unpaired) electrons. The fourth-order valence-corrected chi connectivity index (χ4v) is 2.68. The molecule has 102 valence electrons. The maximum atomic E-state index is 5.84. The van der Waals surface area contributed by atoms with Crippen LogP contribution in [0.2, 0.25) is 0 Å². The van der Waals surface area contributed by atoms with E-state index in [1.54, 1.807) is 0 Å². The van der Waals surface area contributed by atoms with E-state index in [0.717, 1.165) is 29.5 Å². The molecular formula is C18H19NO. The minimum absolute atomic E-state index is 0.610. The molecule has 0 N–H and O–H groups in total. The van der Waals surface area contributed by atoms with Crippen LogP contribution in [0.5, 0.6) is 0 Å². The number of fused-ring (bicyclic) bond motifs is 1. The largest absolute Gasteiger partial charge is 0.436 e. The third kappa shape index (κ3) is 2.34. The zero-order chi connectivity index (χ0) is 13.9. The number of nitrogens with zero attached hydrogens (tertiary/aromatic N) is 1. The molecule has 0 atom stereocenters. The van der Waals surface area contributed by atoms with Gasteiger partial charge in [0, 0.05) is 5.56 Å². The molecule has 2 aromatic carbocycles. The molecule has 0 unspecified atom stereocenters. The predicted molar refractivity (Wildman–Crippen MR) is 82.8 cm³/mol. The van der Waals surface area contributed by atoms with Crippen LogP contribution in [0.15, 0.2) is 52.9 Å². The van der Waals surface area contributed by atoms with E-state index in [4.69, 9.17) is 4.42 Å². The van der Waals surface area contributed by atoms with Crippen LogP contribution in [0.4, 0.5) is 0 Å². The lowest BCUT2D eigenvalue weighted by atomic mass is 9.93. The Bertz CT molecular complexity index is 677. The van der Waals surface area contributed by atoms with Gasteiger partial charge < -0.3 is 4.42 Å². The summed E-state index contributed by atoms with van der Waals surface area (Å²) in [6, 6.07) is 16.5. The maximum absolute atomic E-state index is 5.84. The fraction of sp³-hybridized carbons (Fsp3) is 0.278. The molecule has 0 amide bonds. The quantitative estimate of drug-likeness (QED) is 0.631. The number of para-hydroxylation sites is 2. The molecule has 0 saturated carbocycles. The highest BCUT2D eigenvalue weighted by molar-refractivity contribution is 5.76. The van der Waals surface area contributed by atoms with Crippen molar-refractivity contribution in [3.63, 3.8) is 0 Å². The van der Waals surface area contributed by atoms with E-state index in [0.29, 0.717) is 11.8 Å². The van der Waals surface area contributed by atoms with Gasteiger partial charge in [0.2, 0.25) is 5.89 Å². The Balaban J connectivity index is 2.03. The summed E-state index contributed by atoms with van der Waals surface area (Å²) < 4.78 is 5.84. The molecule has 2 nitrogen and oxygen atoms in total. The normalized spacial score (nSPS) is 11.3. The molecule has 0 aliphatic carbocycles. The summed E-state index contributed by atoms with van der Waals surface area (Å²) in [5.74, 6) is 1.32. The molecule has 3 rings (SSSR count). The summed E-state index contributed by atoms with van der Waals surface area (Å²) in [6.45, 7) is 4.47. The lowest BCUT2D eigenvalue weighted by molar-refractivity contribution is 0.617. The Morgan fingerprint density at radius 2 is 1.80 bits per heavy atom. The molecular weight excluding hydrogens is 246 g/mol. The van der Waals surface area contributed by atoms with E-state index < -0.39 is 0 Å². The number of hydrogen-bond donors (Lipinski definition) is 0. The second-order valence-corrected chi connectivity index (χ2v) is 5.13. The van der Waals surface area contributed by atoms with Gasteiger partial charge in [0.05, 0.1) is 0 Å². The summed E-state index contributed by atoms with van der Waals surface area (Å²) in [7, 11) is 0. The van der Waals surface area contributed by atoms with Crippen LogP contribution < -0.4 is 0 Å². The smallest absolute Gasteiger partial charge is 0.227 e. The number of aromatic nitrogens is 1. The van der Waals surface area contributed by atoms with Crippen LogP contribution in [0.3, 0.4) is 0 Å². The van der Waals surface area contributed by atoms with E-state index in [1.807, 2.05) is 24.3 Å². The number of benzene rings is 2. The Hall–Kier alpha value is -2.09. The summed E-state index contributed by atoms with van der Waals surface area (Å²) in [5, 5.41) is 0. The van der Waals surface area contributed by atoms with Crippen molar-refractivity contribution >= 4 is 11.1 Å². The van der Waals surface area contributed by atoms with Gasteiger partial charge >= 0.3 is 0 Å². The standard InChI is InChI=1S/C18H19NO/c1-3-13(4-2)14-8-7-9-15(12-14)18-19-16-10-5-6-11-17(16)20-18/h5-13H,3-4H2,1-2H3. The predicted octanol–water partition coefficient (Wildman–Crippen LogP) is 5.40. The van der Waals surface area contributed by atoms with Gasteiger partial charge in [-0.15, -0.1) is 0 Å². The first-order valence-electron chi connectivity index (χ1n) is 7.27. The van der Waals surface area contributed by atoms with Gasteiger partial charge in [-0.2, -0.15) is 0 Å². The lowest BCUT2D eigenvalue weighted by Gasteiger charge is -2.13. The van der Waals surface area contributed by atoms with Crippen molar-refractivity contribution in [1.29, 1.82) is 0 Å². The van der Waals surface area contributed by atoms with E-state index >= 15 is 0 Å². The first kappa shape index (κ1) is 12.9. The van der Waals surface area contributed by atoms with E-state index in [9.17, 15) is 0 Å². The van der Waals surface area contributed by atoms with Crippen molar-refractivity contribution in [1.82, 2.24) is 4.98 Å². The van der Waals surface area contributed by atoms with Crippen LogP contribution in [0, 0.1) is 0 Å². The van der Waals surface area contributed by atoms with E-state index in [2.05, 4.69) is 43.1 Å². The van der Waals surface area contributed by atoms with Gasteiger partial charge in [-0.3, -0.25) is 0 Å². The second kappa shape index (κ2) is 5.49. The average molecular weight is 265 g/mol. The molecule has 0 fully saturated rings. The molecule has 0 bridgehead atoms. The second-order valence-electron chi connectivity index (χ2n) is 5.13. The minimum Gasteiger partial charge on any atom is -0.436 e. The highest BCUT2D eigenvalue weighted by Gasteiger charge is 2.11. The molecule has 1 heterocycles. The number of oxazole rings is 1. The van der Waals surface area contributed by atoms with Crippen molar-refractivity contribution in [2.75, 3.05) is 0 Å².